The molecule has 114 valence electrons. The average molecular weight is 316 g/mol. The molecule has 0 bridgehead atoms. The third kappa shape index (κ3) is 6.47. The topological polar surface area (TPSA) is 12.0 Å². The Kier molecular flexibility index (Phi) is 8.60. The molecule has 0 aliphatic carbocycles. The Bertz CT molecular complexity index is 393. The summed E-state index contributed by atoms with van der Waals surface area (Å²) in [4.78, 5) is 0. The third-order valence-corrected chi connectivity index (χ3v) is 4.22. The van der Waals surface area contributed by atoms with E-state index in [1.807, 2.05) is 12.1 Å². The maximum Gasteiger partial charge on any atom is 0.0453 e. The van der Waals surface area contributed by atoms with E-state index < -0.39 is 0 Å². The van der Waals surface area contributed by atoms with Gasteiger partial charge in [-0.3, -0.25) is 0 Å². The smallest absolute Gasteiger partial charge is 0.0453 e. The highest BCUT2D eigenvalue weighted by atomic mass is 35.5. The fourth-order valence-electron chi connectivity index (χ4n) is 2.64. The lowest BCUT2D eigenvalue weighted by molar-refractivity contribution is 0.381. The molecule has 20 heavy (non-hydrogen) atoms. The zero-order valence-corrected chi connectivity index (χ0v) is 14.4. The Morgan fingerprint density at radius 3 is 2.50 bits per heavy atom. The first kappa shape index (κ1) is 17.8. The van der Waals surface area contributed by atoms with Crippen LogP contribution >= 0.6 is 23.2 Å². The zero-order valence-electron chi connectivity index (χ0n) is 12.9. The van der Waals surface area contributed by atoms with Crippen LogP contribution in [0.4, 0.5) is 0 Å². The van der Waals surface area contributed by atoms with Gasteiger partial charge in [-0.05, 0) is 49.4 Å². The van der Waals surface area contributed by atoms with E-state index in [1.165, 1.54) is 24.8 Å². The predicted molar refractivity (Wildman–Crippen MR) is 90.9 cm³/mol. The van der Waals surface area contributed by atoms with Crippen LogP contribution in [0.2, 0.25) is 10.0 Å². The molecule has 0 aromatic heterocycles. The molecule has 1 aromatic carbocycles. The van der Waals surface area contributed by atoms with E-state index >= 15 is 0 Å². The van der Waals surface area contributed by atoms with Crippen molar-refractivity contribution in [2.75, 3.05) is 6.54 Å². The molecule has 0 fully saturated rings. The normalized spacial score (nSPS) is 14.2. The highest BCUT2D eigenvalue weighted by Gasteiger charge is 2.14. The molecule has 0 saturated carbocycles. The summed E-state index contributed by atoms with van der Waals surface area (Å²) >= 11 is 12.3. The summed E-state index contributed by atoms with van der Waals surface area (Å²) in [5, 5.41) is 5.14. The lowest BCUT2D eigenvalue weighted by Crippen LogP contribution is -2.33. The summed E-state index contributed by atoms with van der Waals surface area (Å²) < 4.78 is 0. The molecular formula is C17H27Cl2N. The average Bonchev–Trinajstić information content (AvgIpc) is 2.39. The molecule has 0 amide bonds. The van der Waals surface area contributed by atoms with Crippen molar-refractivity contribution in [3.8, 4) is 0 Å². The van der Waals surface area contributed by atoms with E-state index in [0.717, 1.165) is 30.3 Å². The number of hydrogen-bond donors (Lipinski definition) is 1. The van der Waals surface area contributed by atoms with Gasteiger partial charge in [0.15, 0.2) is 0 Å². The van der Waals surface area contributed by atoms with E-state index in [2.05, 4.69) is 32.2 Å². The van der Waals surface area contributed by atoms with Crippen molar-refractivity contribution in [1.29, 1.82) is 0 Å². The SMILES string of the molecule is CCCNC(Cc1ccc(Cl)cc1Cl)CC(C)CCC. The van der Waals surface area contributed by atoms with E-state index in [0.29, 0.717) is 11.1 Å². The van der Waals surface area contributed by atoms with Crippen LogP contribution in [-0.4, -0.2) is 12.6 Å². The van der Waals surface area contributed by atoms with Crippen molar-refractivity contribution in [3.63, 3.8) is 0 Å². The molecule has 0 aliphatic rings. The van der Waals surface area contributed by atoms with E-state index in [4.69, 9.17) is 23.2 Å². The largest absolute Gasteiger partial charge is 0.314 e. The Morgan fingerprint density at radius 1 is 1.15 bits per heavy atom. The molecule has 3 heteroatoms. The highest BCUT2D eigenvalue weighted by Crippen LogP contribution is 2.24. The number of benzene rings is 1. The van der Waals surface area contributed by atoms with Crippen LogP contribution in [0.1, 0.15) is 52.0 Å². The Labute approximate surface area is 134 Å². The molecule has 1 N–H and O–H groups in total. The summed E-state index contributed by atoms with van der Waals surface area (Å²) in [6, 6.07) is 6.31. The van der Waals surface area contributed by atoms with Gasteiger partial charge in [-0.1, -0.05) is 62.9 Å². The van der Waals surface area contributed by atoms with Gasteiger partial charge in [-0.2, -0.15) is 0 Å². The molecule has 0 spiro atoms. The summed E-state index contributed by atoms with van der Waals surface area (Å²) in [5.41, 5.74) is 1.19. The van der Waals surface area contributed by atoms with Gasteiger partial charge in [0.1, 0.15) is 0 Å². The molecule has 1 nitrogen and oxygen atoms in total. The van der Waals surface area contributed by atoms with Crippen LogP contribution < -0.4 is 5.32 Å². The van der Waals surface area contributed by atoms with Crippen LogP contribution in [0.5, 0.6) is 0 Å². The molecule has 0 radical (unpaired) electrons. The van der Waals surface area contributed by atoms with Gasteiger partial charge in [0.05, 0.1) is 0 Å². The lowest BCUT2D eigenvalue weighted by Gasteiger charge is -2.23. The monoisotopic (exact) mass is 315 g/mol. The number of halogens is 2. The van der Waals surface area contributed by atoms with Gasteiger partial charge in [0.25, 0.3) is 0 Å². The van der Waals surface area contributed by atoms with Gasteiger partial charge in [-0.25, -0.2) is 0 Å². The van der Waals surface area contributed by atoms with E-state index in [-0.39, 0.29) is 0 Å². The highest BCUT2D eigenvalue weighted by molar-refractivity contribution is 6.35. The predicted octanol–water partition coefficient (Wildman–Crippen LogP) is 5.73. The first-order chi connectivity index (χ1) is 9.56. The van der Waals surface area contributed by atoms with E-state index in [1.54, 1.807) is 0 Å². The minimum atomic E-state index is 0.496. The van der Waals surface area contributed by atoms with Crippen molar-refractivity contribution >= 4 is 23.2 Å². The first-order valence-electron chi connectivity index (χ1n) is 7.74. The van der Waals surface area contributed by atoms with Crippen LogP contribution in [-0.2, 0) is 6.42 Å². The summed E-state index contributed by atoms with van der Waals surface area (Å²) in [5.74, 6) is 0.750. The molecule has 1 aromatic rings. The summed E-state index contributed by atoms with van der Waals surface area (Å²) in [7, 11) is 0. The molecule has 1 rings (SSSR count). The fraction of sp³-hybridized carbons (Fsp3) is 0.647. The van der Waals surface area contributed by atoms with Gasteiger partial charge in [0, 0.05) is 16.1 Å². The zero-order chi connectivity index (χ0) is 15.0. The Balaban J connectivity index is 2.67. The molecule has 0 aliphatic heterocycles. The second kappa shape index (κ2) is 9.65. The van der Waals surface area contributed by atoms with Gasteiger partial charge in [-0.15, -0.1) is 0 Å². The third-order valence-electron chi connectivity index (χ3n) is 3.63. The van der Waals surface area contributed by atoms with Crippen molar-refractivity contribution in [2.24, 2.45) is 5.92 Å². The van der Waals surface area contributed by atoms with Crippen LogP contribution in [0, 0.1) is 5.92 Å². The molecule has 0 saturated heterocycles. The fourth-order valence-corrected chi connectivity index (χ4v) is 3.12. The number of hydrogen-bond acceptors (Lipinski definition) is 1. The van der Waals surface area contributed by atoms with Gasteiger partial charge in [0.2, 0.25) is 0 Å². The molecule has 2 unspecified atom stereocenters. The Morgan fingerprint density at radius 2 is 1.90 bits per heavy atom. The first-order valence-corrected chi connectivity index (χ1v) is 8.49. The number of nitrogens with one attached hydrogen (secondary N) is 1. The minimum Gasteiger partial charge on any atom is -0.314 e. The second-order valence-corrected chi connectivity index (χ2v) is 6.56. The standard InChI is InChI=1S/C17H27Cl2N/c1-4-6-13(3)10-16(20-9-5-2)11-14-7-8-15(18)12-17(14)19/h7-8,12-13,16,20H,4-6,9-11H2,1-3H3. The summed E-state index contributed by atoms with van der Waals surface area (Å²) in [6.07, 6.45) is 5.88. The van der Waals surface area contributed by atoms with Crippen molar-refractivity contribution in [3.05, 3.63) is 33.8 Å². The molecule has 0 heterocycles. The maximum absolute atomic E-state index is 6.29. The van der Waals surface area contributed by atoms with Gasteiger partial charge >= 0.3 is 0 Å². The minimum absolute atomic E-state index is 0.496. The lowest BCUT2D eigenvalue weighted by atomic mass is 9.93. The quantitative estimate of drug-likeness (QED) is 0.613. The molecular weight excluding hydrogens is 289 g/mol. The maximum atomic E-state index is 6.29. The van der Waals surface area contributed by atoms with Crippen LogP contribution in [0.3, 0.4) is 0 Å². The Hall–Kier alpha value is -0.240. The van der Waals surface area contributed by atoms with Gasteiger partial charge < -0.3 is 5.32 Å². The molecule has 2 atom stereocenters. The van der Waals surface area contributed by atoms with Crippen molar-refractivity contribution in [2.45, 2.75) is 58.9 Å². The van der Waals surface area contributed by atoms with Crippen LogP contribution in [0.15, 0.2) is 18.2 Å². The van der Waals surface area contributed by atoms with Crippen molar-refractivity contribution in [1.82, 2.24) is 5.32 Å². The summed E-state index contributed by atoms with van der Waals surface area (Å²) in [6.45, 7) is 7.86. The van der Waals surface area contributed by atoms with Crippen molar-refractivity contribution < 1.29 is 0 Å². The second-order valence-electron chi connectivity index (χ2n) is 5.72. The number of rotatable bonds is 9. The van der Waals surface area contributed by atoms with Crippen LogP contribution in [0.25, 0.3) is 0 Å². The van der Waals surface area contributed by atoms with E-state index in [9.17, 15) is 0 Å².